The van der Waals surface area contributed by atoms with E-state index in [-0.39, 0.29) is 11.3 Å². The fraction of sp³-hybridized carbons (Fsp3) is 0.318. The summed E-state index contributed by atoms with van der Waals surface area (Å²) < 4.78 is 12.6. The van der Waals surface area contributed by atoms with Crippen molar-refractivity contribution in [1.82, 2.24) is 14.5 Å². The van der Waals surface area contributed by atoms with Crippen LogP contribution in [0.5, 0.6) is 5.75 Å². The van der Waals surface area contributed by atoms with Gasteiger partial charge in [0.25, 0.3) is 5.56 Å². The Hall–Kier alpha value is -3.10. The maximum Gasteiger partial charge on any atom is 0.336 e. The van der Waals surface area contributed by atoms with Gasteiger partial charge < -0.3 is 14.8 Å². The molecule has 3 rings (SSSR count). The number of carbonyl (C=O) groups is 1. The topological polar surface area (TPSA) is 91.6 Å². The molecule has 0 fully saturated rings. The molecule has 164 valence electrons. The van der Waals surface area contributed by atoms with Crippen LogP contribution in [-0.2, 0) is 9.53 Å². The van der Waals surface area contributed by atoms with Crippen molar-refractivity contribution in [2.45, 2.75) is 19.4 Å². The molecular formula is C22H24ClN3O5. The Morgan fingerprint density at radius 3 is 2.61 bits per heavy atom. The SMILES string of the molecule is CC[C@H](C(=O)NCCOC)n1c(=O)n(-c2cccc(OC)c2)c(=O)c2ccc(Cl)cc21. The molecule has 0 bridgehead atoms. The zero-order valence-electron chi connectivity index (χ0n) is 17.6. The molecule has 0 aliphatic heterocycles. The molecule has 0 unspecified atom stereocenters. The van der Waals surface area contributed by atoms with Crippen LogP contribution in [0.15, 0.2) is 52.1 Å². The molecule has 0 aliphatic rings. The molecule has 0 aliphatic carbocycles. The minimum absolute atomic E-state index is 0.273. The largest absolute Gasteiger partial charge is 0.497 e. The van der Waals surface area contributed by atoms with Crippen LogP contribution in [0.1, 0.15) is 19.4 Å². The molecule has 1 atom stereocenters. The predicted molar refractivity (Wildman–Crippen MR) is 120 cm³/mol. The lowest BCUT2D eigenvalue weighted by atomic mass is 10.1. The maximum atomic E-state index is 13.6. The van der Waals surface area contributed by atoms with Crippen molar-refractivity contribution in [3.63, 3.8) is 0 Å². The van der Waals surface area contributed by atoms with Gasteiger partial charge in [0.1, 0.15) is 11.8 Å². The summed E-state index contributed by atoms with van der Waals surface area (Å²) in [5.74, 6) is 0.148. The molecule has 1 amide bonds. The minimum Gasteiger partial charge on any atom is -0.497 e. The second kappa shape index (κ2) is 9.80. The van der Waals surface area contributed by atoms with Crippen LogP contribution in [0, 0.1) is 0 Å². The third-order valence-electron chi connectivity index (χ3n) is 4.97. The van der Waals surface area contributed by atoms with E-state index < -0.39 is 17.3 Å². The Kier molecular flexibility index (Phi) is 7.14. The van der Waals surface area contributed by atoms with Crippen LogP contribution in [0.3, 0.4) is 0 Å². The van der Waals surface area contributed by atoms with Crippen LogP contribution in [0.4, 0.5) is 0 Å². The number of carbonyl (C=O) groups excluding carboxylic acids is 1. The standard InChI is InChI=1S/C22H24ClN3O5/c1-4-18(20(27)24-10-11-30-2)26-19-12-14(23)8-9-17(19)21(28)25(22(26)29)15-6-5-7-16(13-15)31-3/h5-9,12-13,18H,4,10-11H2,1-3H3,(H,24,27)/t18-/m1/s1. The Bertz CT molecular complexity index is 1220. The summed E-state index contributed by atoms with van der Waals surface area (Å²) in [6.07, 6.45) is 0.330. The highest BCUT2D eigenvalue weighted by molar-refractivity contribution is 6.31. The molecule has 0 saturated carbocycles. The number of benzene rings is 2. The first-order chi connectivity index (χ1) is 14.9. The molecule has 31 heavy (non-hydrogen) atoms. The lowest BCUT2D eigenvalue weighted by Gasteiger charge is -2.22. The number of ether oxygens (including phenoxy) is 2. The molecule has 1 aromatic heterocycles. The van der Waals surface area contributed by atoms with E-state index in [0.29, 0.717) is 41.5 Å². The highest BCUT2D eigenvalue weighted by Gasteiger charge is 2.25. The molecular weight excluding hydrogens is 422 g/mol. The van der Waals surface area contributed by atoms with Crippen molar-refractivity contribution in [3.8, 4) is 11.4 Å². The molecule has 1 N–H and O–H groups in total. The van der Waals surface area contributed by atoms with Gasteiger partial charge in [0, 0.05) is 24.7 Å². The predicted octanol–water partition coefficient (Wildman–Crippen LogP) is 2.53. The number of aromatic nitrogens is 2. The zero-order chi connectivity index (χ0) is 22.5. The summed E-state index contributed by atoms with van der Waals surface area (Å²) in [4.78, 5) is 39.7. The maximum absolute atomic E-state index is 13.6. The van der Waals surface area contributed by atoms with Crippen LogP contribution in [0.25, 0.3) is 16.6 Å². The number of rotatable bonds is 8. The average Bonchev–Trinajstić information content (AvgIpc) is 2.76. The van der Waals surface area contributed by atoms with E-state index in [0.717, 1.165) is 4.57 Å². The fourth-order valence-electron chi connectivity index (χ4n) is 3.46. The summed E-state index contributed by atoms with van der Waals surface area (Å²) in [7, 11) is 3.04. The van der Waals surface area contributed by atoms with E-state index in [4.69, 9.17) is 21.1 Å². The first-order valence-electron chi connectivity index (χ1n) is 9.80. The second-order valence-corrected chi connectivity index (χ2v) is 7.30. The van der Waals surface area contributed by atoms with E-state index in [9.17, 15) is 14.4 Å². The van der Waals surface area contributed by atoms with E-state index in [2.05, 4.69) is 5.32 Å². The molecule has 0 radical (unpaired) electrons. The Labute approximate surface area is 184 Å². The monoisotopic (exact) mass is 445 g/mol. The van der Waals surface area contributed by atoms with Gasteiger partial charge in [-0.1, -0.05) is 24.6 Å². The Balaban J connectivity index is 2.31. The van der Waals surface area contributed by atoms with Gasteiger partial charge in [-0.05, 0) is 36.8 Å². The van der Waals surface area contributed by atoms with E-state index in [1.54, 1.807) is 43.3 Å². The fourth-order valence-corrected chi connectivity index (χ4v) is 3.63. The Morgan fingerprint density at radius 1 is 1.16 bits per heavy atom. The lowest BCUT2D eigenvalue weighted by Crippen LogP contribution is -2.44. The van der Waals surface area contributed by atoms with Crippen LogP contribution < -0.4 is 21.3 Å². The van der Waals surface area contributed by atoms with Crippen molar-refractivity contribution in [2.75, 3.05) is 27.4 Å². The van der Waals surface area contributed by atoms with Crippen molar-refractivity contribution < 1.29 is 14.3 Å². The number of fused-ring (bicyclic) bond motifs is 1. The van der Waals surface area contributed by atoms with Crippen molar-refractivity contribution in [3.05, 3.63) is 68.3 Å². The highest BCUT2D eigenvalue weighted by atomic mass is 35.5. The van der Waals surface area contributed by atoms with Crippen LogP contribution >= 0.6 is 11.6 Å². The highest BCUT2D eigenvalue weighted by Crippen LogP contribution is 2.22. The van der Waals surface area contributed by atoms with Gasteiger partial charge in [0.05, 0.1) is 30.3 Å². The minimum atomic E-state index is -0.845. The lowest BCUT2D eigenvalue weighted by molar-refractivity contribution is -0.124. The molecule has 2 aromatic carbocycles. The van der Waals surface area contributed by atoms with Gasteiger partial charge in [-0.3, -0.25) is 14.2 Å². The third-order valence-corrected chi connectivity index (χ3v) is 5.20. The molecule has 8 nitrogen and oxygen atoms in total. The summed E-state index contributed by atoms with van der Waals surface area (Å²) in [5, 5.41) is 3.40. The number of hydrogen-bond acceptors (Lipinski definition) is 5. The average molecular weight is 446 g/mol. The van der Waals surface area contributed by atoms with Crippen molar-refractivity contribution in [1.29, 1.82) is 0 Å². The van der Waals surface area contributed by atoms with Gasteiger partial charge in [-0.2, -0.15) is 0 Å². The Morgan fingerprint density at radius 2 is 1.94 bits per heavy atom. The van der Waals surface area contributed by atoms with Crippen molar-refractivity contribution >= 4 is 28.4 Å². The van der Waals surface area contributed by atoms with Gasteiger partial charge in [-0.15, -0.1) is 0 Å². The third kappa shape index (κ3) is 4.50. The molecule has 3 aromatic rings. The normalized spacial score (nSPS) is 12.0. The first kappa shape index (κ1) is 22.6. The number of hydrogen-bond donors (Lipinski definition) is 1. The second-order valence-electron chi connectivity index (χ2n) is 6.86. The summed E-state index contributed by atoms with van der Waals surface area (Å²) in [5.41, 5.74) is -0.498. The summed E-state index contributed by atoms with van der Waals surface area (Å²) >= 11 is 6.16. The van der Waals surface area contributed by atoms with Crippen LogP contribution in [-0.4, -0.2) is 42.4 Å². The summed E-state index contributed by atoms with van der Waals surface area (Å²) in [6.45, 7) is 2.44. The molecule has 9 heteroatoms. The molecule has 1 heterocycles. The van der Waals surface area contributed by atoms with Crippen LogP contribution in [0.2, 0.25) is 5.02 Å². The van der Waals surface area contributed by atoms with Gasteiger partial charge in [0.2, 0.25) is 5.91 Å². The molecule has 0 saturated heterocycles. The van der Waals surface area contributed by atoms with E-state index in [1.165, 1.54) is 24.9 Å². The van der Waals surface area contributed by atoms with Gasteiger partial charge in [0.15, 0.2) is 0 Å². The van der Waals surface area contributed by atoms with Gasteiger partial charge in [-0.25, -0.2) is 9.36 Å². The van der Waals surface area contributed by atoms with E-state index in [1.807, 2.05) is 0 Å². The number of amides is 1. The summed E-state index contributed by atoms with van der Waals surface area (Å²) in [6, 6.07) is 10.4. The molecule has 0 spiro atoms. The smallest absolute Gasteiger partial charge is 0.336 e. The quantitative estimate of drug-likeness (QED) is 0.538. The number of nitrogens with zero attached hydrogens (tertiary/aromatic N) is 2. The number of nitrogens with one attached hydrogen (secondary N) is 1. The number of methoxy groups -OCH3 is 2. The number of halogens is 1. The zero-order valence-corrected chi connectivity index (χ0v) is 18.3. The van der Waals surface area contributed by atoms with Crippen molar-refractivity contribution in [2.24, 2.45) is 0 Å². The van der Waals surface area contributed by atoms with Gasteiger partial charge >= 0.3 is 5.69 Å². The first-order valence-corrected chi connectivity index (χ1v) is 10.2. The van der Waals surface area contributed by atoms with E-state index >= 15 is 0 Å².